The van der Waals surface area contributed by atoms with E-state index in [4.69, 9.17) is 9.57 Å². The summed E-state index contributed by atoms with van der Waals surface area (Å²) in [5.41, 5.74) is 0.943. The maximum Gasteiger partial charge on any atom is 0.210 e. The maximum absolute atomic E-state index is 5.80. The first-order valence-corrected chi connectivity index (χ1v) is 8.33. The van der Waals surface area contributed by atoms with Crippen LogP contribution >= 0.6 is 7.51 Å². The fourth-order valence-electron chi connectivity index (χ4n) is 2.31. The molecule has 0 aliphatic heterocycles. The standard InChI is InChI=1S/C14H27N4O2P/c1-12-13(19-8)10-9-11-14(12)20-15-21(16(2)3,17(4)5)18(6)7/h9-11H,1-8H3. The quantitative estimate of drug-likeness (QED) is 0.596. The molecule has 0 saturated heterocycles. The first-order valence-electron chi connectivity index (χ1n) is 6.73. The van der Waals surface area contributed by atoms with Crippen LogP contribution in [0.2, 0.25) is 0 Å². The van der Waals surface area contributed by atoms with Crippen LogP contribution in [0.4, 0.5) is 0 Å². The van der Waals surface area contributed by atoms with Gasteiger partial charge in [0.1, 0.15) is 5.75 Å². The largest absolute Gasteiger partial charge is 0.496 e. The summed E-state index contributed by atoms with van der Waals surface area (Å²) in [6, 6.07) is 5.71. The summed E-state index contributed by atoms with van der Waals surface area (Å²) >= 11 is 0. The summed E-state index contributed by atoms with van der Waals surface area (Å²) in [7, 11) is 11.7. The van der Waals surface area contributed by atoms with E-state index in [2.05, 4.69) is 18.9 Å². The molecule has 0 spiro atoms. The van der Waals surface area contributed by atoms with Crippen molar-refractivity contribution in [3.63, 3.8) is 0 Å². The van der Waals surface area contributed by atoms with E-state index < -0.39 is 7.51 Å². The monoisotopic (exact) mass is 314 g/mol. The number of hydrogen-bond donors (Lipinski definition) is 0. The molecular weight excluding hydrogens is 287 g/mol. The highest BCUT2D eigenvalue weighted by atomic mass is 31.2. The molecule has 1 rings (SSSR count). The molecule has 0 unspecified atom stereocenters. The van der Waals surface area contributed by atoms with Crippen molar-refractivity contribution < 1.29 is 9.57 Å². The zero-order valence-corrected chi connectivity index (χ0v) is 15.2. The second kappa shape index (κ2) is 7.27. The molecule has 1 aromatic rings. The molecule has 0 heterocycles. The molecule has 1 aromatic carbocycles. The molecule has 21 heavy (non-hydrogen) atoms. The number of benzene rings is 1. The number of ether oxygens (including phenoxy) is 1. The van der Waals surface area contributed by atoms with E-state index in [0.29, 0.717) is 5.75 Å². The number of hydrogen-bond acceptors (Lipinski definition) is 3. The summed E-state index contributed by atoms with van der Waals surface area (Å²) in [5, 5.41) is 0. The Morgan fingerprint density at radius 3 is 1.81 bits per heavy atom. The van der Waals surface area contributed by atoms with Crippen LogP contribution in [0.15, 0.2) is 23.1 Å². The van der Waals surface area contributed by atoms with Crippen LogP contribution in [-0.4, -0.2) is 63.4 Å². The molecular formula is C14H27N4O2P. The van der Waals surface area contributed by atoms with Gasteiger partial charge in [0.15, 0.2) is 5.75 Å². The van der Waals surface area contributed by atoms with Gasteiger partial charge in [-0.2, -0.15) is 0 Å². The van der Waals surface area contributed by atoms with Gasteiger partial charge in [0.2, 0.25) is 7.51 Å². The van der Waals surface area contributed by atoms with Crippen LogP contribution < -0.4 is 9.57 Å². The fraction of sp³-hybridized carbons (Fsp3) is 0.571. The smallest absolute Gasteiger partial charge is 0.210 e. The maximum atomic E-state index is 5.80. The minimum atomic E-state index is -2.06. The van der Waals surface area contributed by atoms with Crippen LogP contribution in [0.25, 0.3) is 0 Å². The molecule has 0 fully saturated rings. The van der Waals surface area contributed by atoms with Gasteiger partial charge in [-0.3, -0.25) is 0 Å². The molecule has 0 amide bonds. The van der Waals surface area contributed by atoms with E-state index in [-0.39, 0.29) is 0 Å². The van der Waals surface area contributed by atoms with Crippen LogP contribution in [-0.2, 0) is 0 Å². The van der Waals surface area contributed by atoms with Crippen molar-refractivity contribution in [1.82, 2.24) is 14.0 Å². The predicted octanol–water partition coefficient (Wildman–Crippen LogP) is 2.93. The first-order chi connectivity index (χ1) is 9.77. The Labute approximate surface area is 128 Å². The summed E-state index contributed by atoms with van der Waals surface area (Å²) in [6.07, 6.45) is 0. The Morgan fingerprint density at radius 1 is 0.905 bits per heavy atom. The minimum Gasteiger partial charge on any atom is -0.496 e. The summed E-state index contributed by atoms with van der Waals surface area (Å²) < 4.78 is 11.6. The first kappa shape index (κ1) is 18.0. The second-order valence-corrected chi connectivity index (χ2v) is 8.97. The minimum absolute atomic E-state index is 0.712. The van der Waals surface area contributed by atoms with Gasteiger partial charge in [-0.15, -0.1) is 0 Å². The lowest BCUT2D eigenvalue weighted by atomic mass is 10.2. The van der Waals surface area contributed by atoms with Crippen LogP contribution in [0.1, 0.15) is 5.56 Å². The average Bonchev–Trinajstić information content (AvgIpc) is 2.39. The van der Waals surface area contributed by atoms with Crippen molar-refractivity contribution in [2.45, 2.75) is 6.92 Å². The lowest BCUT2D eigenvalue weighted by Gasteiger charge is -2.39. The molecule has 0 N–H and O–H groups in total. The molecule has 7 heteroatoms. The van der Waals surface area contributed by atoms with Gasteiger partial charge in [0.05, 0.1) is 7.11 Å². The zero-order valence-electron chi connectivity index (χ0n) is 14.3. The fourth-order valence-corrected chi connectivity index (χ4v) is 5.09. The summed E-state index contributed by atoms with van der Waals surface area (Å²) in [6.45, 7) is 1.96. The van der Waals surface area contributed by atoms with E-state index in [1.807, 2.05) is 67.4 Å². The van der Waals surface area contributed by atoms with Crippen molar-refractivity contribution in [3.8, 4) is 11.5 Å². The van der Waals surface area contributed by atoms with Crippen LogP contribution in [0.5, 0.6) is 11.5 Å². The van der Waals surface area contributed by atoms with Gasteiger partial charge >= 0.3 is 0 Å². The summed E-state index contributed by atoms with van der Waals surface area (Å²) in [4.78, 5) is 10.4. The lowest BCUT2D eigenvalue weighted by Crippen LogP contribution is -2.31. The molecule has 0 bridgehead atoms. The van der Waals surface area contributed by atoms with Crippen molar-refractivity contribution >= 4 is 7.51 Å². The van der Waals surface area contributed by atoms with E-state index >= 15 is 0 Å². The van der Waals surface area contributed by atoms with Crippen molar-refractivity contribution in [2.24, 2.45) is 4.91 Å². The molecule has 6 nitrogen and oxygen atoms in total. The van der Waals surface area contributed by atoms with Crippen molar-refractivity contribution in [1.29, 1.82) is 0 Å². The van der Waals surface area contributed by atoms with E-state index in [9.17, 15) is 0 Å². The van der Waals surface area contributed by atoms with Gasteiger partial charge in [0.25, 0.3) is 0 Å². The Hall–Kier alpha value is -1.07. The molecule has 0 aliphatic rings. The molecule has 0 aromatic heterocycles. The predicted molar refractivity (Wildman–Crippen MR) is 88.8 cm³/mol. The lowest BCUT2D eigenvalue weighted by molar-refractivity contribution is 0.318. The molecule has 0 aliphatic carbocycles. The van der Waals surface area contributed by atoms with E-state index in [0.717, 1.165) is 11.3 Å². The Bertz CT molecular complexity index is 501. The van der Waals surface area contributed by atoms with E-state index in [1.165, 1.54) is 0 Å². The number of rotatable bonds is 6. The summed E-state index contributed by atoms with van der Waals surface area (Å²) in [5.74, 6) is 1.51. The number of nitrogens with zero attached hydrogens (tertiary/aromatic N) is 4. The van der Waals surface area contributed by atoms with Crippen LogP contribution in [0.3, 0.4) is 0 Å². The van der Waals surface area contributed by atoms with Gasteiger partial charge in [0, 0.05) is 5.56 Å². The van der Waals surface area contributed by atoms with Gasteiger partial charge in [-0.05, 0) is 61.3 Å². The number of methoxy groups -OCH3 is 1. The normalized spacial score (nSPS) is 12.1. The average molecular weight is 314 g/mol. The van der Waals surface area contributed by atoms with Gasteiger partial charge in [-0.25, -0.2) is 14.0 Å². The third kappa shape index (κ3) is 3.58. The van der Waals surface area contributed by atoms with Crippen molar-refractivity contribution in [2.75, 3.05) is 49.4 Å². The Balaban J connectivity index is 3.27. The molecule has 0 saturated carbocycles. The molecule has 0 atom stereocenters. The highest BCUT2D eigenvalue weighted by Gasteiger charge is 2.30. The second-order valence-electron chi connectivity index (χ2n) is 5.33. The SMILES string of the molecule is COc1cccc(ON=P(N(C)C)(N(C)C)N(C)C)c1C. The molecule has 0 radical (unpaired) electrons. The molecule has 120 valence electrons. The highest BCUT2D eigenvalue weighted by Crippen LogP contribution is 2.54. The van der Waals surface area contributed by atoms with Gasteiger partial charge in [-0.1, -0.05) is 11.0 Å². The Kier molecular flexibility index (Phi) is 6.23. The zero-order chi connectivity index (χ0) is 16.2. The highest BCUT2D eigenvalue weighted by molar-refractivity contribution is 7.58. The topological polar surface area (TPSA) is 40.5 Å². The van der Waals surface area contributed by atoms with Crippen LogP contribution in [0, 0.1) is 6.92 Å². The third-order valence-electron chi connectivity index (χ3n) is 3.31. The third-order valence-corrected chi connectivity index (χ3v) is 6.83. The van der Waals surface area contributed by atoms with Gasteiger partial charge < -0.3 is 9.57 Å². The van der Waals surface area contributed by atoms with Crippen molar-refractivity contribution in [3.05, 3.63) is 23.8 Å². The van der Waals surface area contributed by atoms with E-state index in [1.54, 1.807) is 7.11 Å². The Morgan fingerprint density at radius 2 is 1.38 bits per heavy atom.